The predicted molar refractivity (Wildman–Crippen MR) is 112 cm³/mol. The molecule has 0 atom stereocenters. The first-order chi connectivity index (χ1) is 13.1. The lowest BCUT2D eigenvalue weighted by molar-refractivity contribution is -0.671. The molecule has 3 aromatic rings. The summed E-state index contributed by atoms with van der Waals surface area (Å²) in [5, 5.41) is 0. The quantitative estimate of drug-likeness (QED) is 0.639. The van der Waals surface area contributed by atoms with E-state index >= 15 is 0 Å². The average Bonchev–Trinajstić information content (AvgIpc) is 2.99. The van der Waals surface area contributed by atoms with E-state index < -0.39 is 0 Å². The Balaban J connectivity index is 1.93. The van der Waals surface area contributed by atoms with Crippen LogP contribution in [0.5, 0.6) is 0 Å². The summed E-state index contributed by atoms with van der Waals surface area (Å²) in [4.78, 5) is 15.2. The molecular weight excluding hydrogens is 354 g/mol. The molecule has 0 amide bonds. The molecule has 0 bridgehead atoms. The lowest BCUT2D eigenvalue weighted by Gasteiger charge is -2.25. The molecule has 3 heterocycles. The van der Waals surface area contributed by atoms with Crippen molar-refractivity contribution in [3.63, 3.8) is 0 Å². The van der Waals surface area contributed by atoms with Crippen LogP contribution in [0.25, 0.3) is 17.8 Å². The molecular formula is C22H22N3OS+. The fourth-order valence-electron chi connectivity index (χ4n) is 3.32. The van der Waals surface area contributed by atoms with E-state index in [0.29, 0.717) is 6.54 Å². The summed E-state index contributed by atoms with van der Waals surface area (Å²) in [7, 11) is 4.02. The Bertz CT molecular complexity index is 1200. The van der Waals surface area contributed by atoms with E-state index in [4.69, 9.17) is 0 Å². The van der Waals surface area contributed by atoms with Crippen LogP contribution in [0, 0.1) is 0 Å². The van der Waals surface area contributed by atoms with Crippen LogP contribution >= 0.6 is 11.3 Å². The Morgan fingerprint density at radius 3 is 2.59 bits per heavy atom. The zero-order chi connectivity index (χ0) is 19.0. The average molecular weight is 377 g/mol. The first kappa shape index (κ1) is 17.5. The van der Waals surface area contributed by atoms with Crippen molar-refractivity contribution >= 4 is 34.9 Å². The van der Waals surface area contributed by atoms with Gasteiger partial charge in [-0.1, -0.05) is 24.3 Å². The molecule has 136 valence electrons. The van der Waals surface area contributed by atoms with Crippen LogP contribution in [0.4, 0.5) is 5.69 Å². The van der Waals surface area contributed by atoms with E-state index in [2.05, 4.69) is 41.3 Å². The maximum atomic E-state index is 13.1. The fraction of sp³-hybridized carbons (Fsp3) is 0.182. The molecule has 2 aromatic heterocycles. The normalized spacial score (nSPS) is 16.0. The van der Waals surface area contributed by atoms with Gasteiger partial charge in [0.15, 0.2) is 12.4 Å². The second-order valence-corrected chi connectivity index (χ2v) is 7.63. The first-order valence-electron chi connectivity index (χ1n) is 9.00. The third-order valence-corrected chi connectivity index (χ3v) is 5.97. The number of nitrogens with zero attached hydrogens (tertiary/aromatic N) is 3. The number of aryl methyl sites for hydroxylation is 1. The molecule has 0 spiro atoms. The summed E-state index contributed by atoms with van der Waals surface area (Å²) in [6.07, 6.45) is 10.2. The summed E-state index contributed by atoms with van der Waals surface area (Å²) in [5.41, 5.74) is 4.39. The highest BCUT2D eigenvalue weighted by atomic mass is 32.1. The molecule has 0 radical (unpaired) electrons. The van der Waals surface area contributed by atoms with Crippen molar-refractivity contribution in [2.24, 2.45) is 7.05 Å². The van der Waals surface area contributed by atoms with Crippen LogP contribution in [0.2, 0.25) is 0 Å². The number of fused-ring (bicyclic) bond motifs is 1. The molecule has 0 N–H and O–H groups in total. The molecule has 1 aromatic carbocycles. The third kappa shape index (κ3) is 3.15. The van der Waals surface area contributed by atoms with Gasteiger partial charge in [-0.25, -0.2) is 4.57 Å². The molecule has 1 aliphatic rings. The van der Waals surface area contributed by atoms with Crippen LogP contribution in [0.15, 0.2) is 59.7 Å². The van der Waals surface area contributed by atoms with Crippen molar-refractivity contribution in [2.45, 2.75) is 13.5 Å². The van der Waals surface area contributed by atoms with E-state index in [9.17, 15) is 4.79 Å². The van der Waals surface area contributed by atoms with Crippen molar-refractivity contribution in [1.29, 1.82) is 0 Å². The molecule has 0 aliphatic carbocycles. The fourth-order valence-corrected chi connectivity index (χ4v) is 4.55. The van der Waals surface area contributed by atoms with Gasteiger partial charge in [0.2, 0.25) is 0 Å². The molecule has 4 nitrogen and oxygen atoms in total. The number of aromatic nitrogens is 2. The number of hydrogen-bond acceptors (Lipinski definition) is 3. The summed E-state index contributed by atoms with van der Waals surface area (Å²) >= 11 is 1.55. The summed E-state index contributed by atoms with van der Waals surface area (Å²) in [6.45, 7) is 2.67. The van der Waals surface area contributed by atoms with E-state index in [1.165, 1.54) is 5.56 Å². The van der Waals surface area contributed by atoms with E-state index in [-0.39, 0.29) is 5.56 Å². The number of likely N-dealkylation sites (N-methyl/N-ethyl adjacent to an activating group) is 1. The number of rotatable bonds is 2. The zero-order valence-corrected chi connectivity index (χ0v) is 16.5. The van der Waals surface area contributed by atoms with Gasteiger partial charge in [-0.05, 0) is 36.3 Å². The van der Waals surface area contributed by atoms with Gasteiger partial charge in [-0.3, -0.25) is 9.36 Å². The topological polar surface area (TPSA) is 29.1 Å². The zero-order valence-electron chi connectivity index (χ0n) is 15.7. The van der Waals surface area contributed by atoms with Crippen molar-refractivity contribution in [1.82, 2.24) is 4.57 Å². The van der Waals surface area contributed by atoms with Gasteiger partial charge in [-0.2, -0.15) is 0 Å². The van der Waals surface area contributed by atoms with Crippen LogP contribution in [-0.2, 0) is 13.6 Å². The van der Waals surface area contributed by atoms with E-state index in [0.717, 1.165) is 26.1 Å². The Morgan fingerprint density at radius 1 is 1.11 bits per heavy atom. The maximum Gasteiger partial charge on any atom is 0.271 e. The smallest absolute Gasteiger partial charge is 0.271 e. The minimum absolute atomic E-state index is 0.0705. The minimum atomic E-state index is 0.0705. The molecule has 1 aliphatic heterocycles. The van der Waals surface area contributed by atoms with Crippen molar-refractivity contribution < 1.29 is 4.57 Å². The SMILES string of the molecule is CCn1c(=O)/c(=C2\C=Cc3ccccc3N2C)s/c1=C/c1cc[n+](C)cc1. The number of anilines is 1. The van der Waals surface area contributed by atoms with Crippen LogP contribution < -0.4 is 24.2 Å². The Kier molecular flexibility index (Phi) is 4.54. The van der Waals surface area contributed by atoms with Gasteiger partial charge in [-0.15, -0.1) is 11.3 Å². The molecule has 0 fully saturated rings. The van der Waals surface area contributed by atoms with Crippen molar-refractivity contribution in [2.75, 3.05) is 11.9 Å². The Labute approximate surface area is 162 Å². The highest BCUT2D eigenvalue weighted by molar-refractivity contribution is 7.07. The Hall–Kier alpha value is -2.92. The number of thiazole rings is 1. The number of para-hydroxylation sites is 1. The maximum absolute atomic E-state index is 13.1. The van der Waals surface area contributed by atoms with Crippen molar-refractivity contribution in [3.05, 3.63) is 85.5 Å². The van der Waals surface area contributed by atoms with E-state index in [1.807, 2.05) is 60.8 Å². The lowest BCUT2D eigenvalue weighted by atomic mass is 10.1. The molecule has 4 rings (SSSR count). The molecule has 0 saturated heterocycles. The van der Waals surface area contributed by atoms with Gasteiger partial charge in [0.05, 0.1) is 10.4 Å². The number of benzene rings is 1. The third-order valence-electron chi connectivity index (χ3n) is 4.84. The largest absolute Gasteiger partial charge is 0.343 e. The van der Waals surface area contributed by atoms with Crippen LogP contribution in [0.3, 0.4) is 0 Å². The van der Waals surface area contributed by atoms with Crippen LogP contribution in [0.1, 0.15) is 18.1 Å². The monoisotopic (exact) mass is 376 g/mol. The minimum Gasteiger partial charge on any atom is -0.343 e. The van der Waals surface area contributed by atoms with Gasteiger partial charge in [0, 0.05) is 31.4 Å². The van der Waals surface area contributed by atoms with Crippen LogP contribution in [-0.4, -0.2) is 11.6 Å². The molecule has 0 saturated carbocycles. The highest BCUT2D eigenvalue weighted by Gasteiger charge is 2.16. The summed E-state index contributed by atoms with van der Waals surface area (Å²) in [6, 6.07) is 12.3. The molecule has 0 unspecified atom stereocenters. The lowest BCUT2D eigenvalue weighted by Crippen LogP contribution is -2.35. The van der Waals surface area contributed by atoms with Gasteiger partial charge < -0.3 is 4.90 Å². The first-order valence-corrected chi connectivity index (χ1v) is 9.82. The molecule has 5 heteroatoms. The number of hydrogen-bond donors (Lipinski definition) is 0. The van der Waals surface area contributed by atoms with Crippen molar-refractivity contribution in [3.8, 4) is 0 Å². The van der Waals surface area contributed by atoms with Gasteiger partial charge in [0.1, 0.15) is 11.6 Å². The summed E-state index contributed by atoms with van der Waals surface area (Å²) < 4.78 is 5.60. The summed E-state index contributed by atoms with van der Waals surface area (Å²) in [5.74, 6) is 0. The second kappa shape index (κ2) is 7.00. The second-order valence-electron chi connectivity index (χ2n) is 6.60. The van der Waals surface area contributed by atoms with Gasteiger partial charge >= 0.3 is 0 Å². The predicted octanol–water partition coefficient (Wildman–Crippen LogP) is 1.85. The Morgan fingerprint density at radius 2 is 1.85 bits per heavy atom. The number of pyridine rings is 1. The highest BCUT2D eigenvalue weighted by Crippen LogP contribution is 2.29. The van der Waals surface area contributed by atoms with Gasteiger partial charge in [0.25, 0.3) is 5.56 Å². The molecule has 27 heavy (non-hydrogen) atoms. The van der Waals surface area contributed by atoms with E-state index in [1.54, 1.807) is 11.3 Å². The standard InChI is InChI=1S/C22H22N3OS/c1-4-25-20(15-16-11-13-23(2)14-12-16)27-21(22(25)26)19-10-9-17-7-5-6-8-18(17)24(19)3/h5-15H,4H2,1-3H3/q+1/b21-19-.